The highest BCUT2D eigenvalue weighted by molar-refractivity contribution is 9.10. The van der Waals surface area contributed by atoms with Crippen LogP contribution in [0, 0.1) is 0 Å². The van der Waals surface area contributed by atoms with E-state index < -0.39 is 0 Å². The number of hydrogen-bond donors (Lipinski definition) is 3. The summed E-state index contributed by atoms with van der Waals surface area (Å²) in [6, 6.07) is 15.6. The zero-order chi connectivity index (χ0) is 13.7. The second-order valence-electron chi connectivity index (χ2n) is 4.06. The van der Waals surface area contributed by atoms with Gasteiger partial charge >= 0.3 is 0 Å². The van der Waals surface area contributed by atoms with Gasteiger partial charge in [-0.3, -0.25) is 0 Å². The van der Waals surface area contributed by atoms with Gasteiger partial charge in [0.15, 0.2) is 5.11 Å². The van der Waals surface area contributed by atoms with Crippen molar-refractivity contribution >= 4 is 44.6 Å². The molecule has 0 spiro atoms. The van der Waals surface area contributed by atoms with Crippen LogP contribution in [-0.2, 0) is 6.54 Å². The van der Waals surface area contributed by atoms with Crippen LogP contribution < -0.4 is 16.4 Å². The molecule has 0 aliphatic rings. The Morgan fingerprint density at radius 1 is 1.05 bits per heavy atom. The van der Waals surface area contributed by atoms with Crippen molar-refractivity contribution in [1.82, 2.24) is 5.32 Å². The van der Waals surface area contributed by atoms with E-state index in [2.05, 4.69) is 26.6 Å². The molecule has 3 nitrogen and oxygen atoms in total. The number of rotatable bonds is 3. The summed E-state index contributed by atoms with van der Waals surface area (Å²) in [5.74, 6) is 0. The minimum atomic E-state index is 0.590. The molecule has 0 fully saturated rings. The number of nitrogens with one attached hydrogen (secondary N) is 2. The molecular formula is C14H14BrN3S. The summed E-state index contributed by atoms with van der Waals surface area (Å²) in [4.78, 5) is 0. The highest BCUT2D eigenvalue weighted by Gasteiger charge is 1.98. The molecule has 0 heterocycles. The lowest BCUT2D eigenvalue weighted by molar-refractivity contribution is 0.925. The molecule has 0 aromatic heterocycles. The zero-order valence-electron chi connectivity index (χ0n) is 10.2. The normalized spacial score (nSPS) is 9.95. The van der Waals surface area contributed by atoms with E-state index in [1.54, 1.807) is 0 Å². The van der Waals surface area contributed by atoms with E-state index >= 15 is 0 Å². The van der Waals surface area contributed by atoms with Gasteiger partial charge in [0.1, 0.15) is 0 Å². The number of hydrogen-bond acceptors (Lipinski definition) is 2. The van der Waals surface area contributed by atoms with Gasteiger partial charge in [0.05, 0.1) is 0 Å². The van der Waals surface area contributed by atoms with Gasteiger partial charge in [-0.1, -0.05) is 28.1 Å². The second-order valence-corrected chi connectivity index (χ2v) is 5.38. The highest BCUT2D eigenvalue weighted by atomic mass is 79.9. The molecule has 0 amide bonds. The molecule has 0 aliphatic carbocycles. The first-order valence-electron chi connectivity index (χ1n) is 5.78. The van der Waals surface area contributed by atoms with Crippen LogP contribution in [0.25, 0.3) is 0 Å². The summed E-state index contributed by atoms with van der Waals surface area (Å²) in [5, 5.41) is 6.85. The van der Waals surface area contributed by atoms with Crippen molar-refractivity contribution in [2.45, 2.75) is 6.54 Å². The Labute approximate surface area is 126 Å². The molecule has 0 saturated carbocycles. The van der Waals surface area contributed by atoms with Gasteiger partial charge in [-0.05, 0) is 54.2 Å². The number of benzene rings is 2. The molecule has 98 valence electrons. The molecule has 0 bridgehead atoms. The summed E-state index contributed by atoms with van der Waals surface area (Å²) in [6.07, 6.45) is 0. The van der Waals surface area contributed by atoms with Gasteiger partial charge in [0.25, 0.3) is 0 Å². The van der Waals surface area contributed by atoms with Gasteiger partial charge in [-0.15, -0.1) is 0 Å². The van der Waals surface area contributed by atoms with E-state index in [1.807, 2.05) is 48.5 Å². The number of anilines is 2. The third-order valence-electron chi connectivity index (χ3n) is 2.53. The van der Waals surface area contributed by atoms with Crippen LogP contribution in [-0.4, -0.2) is 5.11 Å². The summed E-state index contributed by atoms with van der Waals surface area (Å²) in [7, 11) is 0. The zero-order valence-corrected chi connectivity index (χ0v) is 12.6. The van der Waals surface area contributed by atoms with Crippen molar-refractivity contribution in [2.75, 3.05) is 11.1 Å². The molecule has 4 N–H and O–H groups in total. The first-order chi connectivity index (χ1) is 9.13. The molecule has 0 atom stereocenters. The van der Waals surface area contributed by atoms with Crippen molar-refractivity contribution in [1.29, 1.82) is 0 Å². The lowest BCUT2D eigenvalue weighted by atomic mass is 10.2. The van der Waals surface area contributed by atoms with Crippen LogP contribution >= 0.6 is 28.1 Å². The molecule has 2 aromatic carbocycles. The van der Waals surface area contributed by atoms with E-state index in [9.17, 15) is 0 Å². The van der Waals surface area contributed by atoms with Crippen LogP contribution in [0.5, 0.6) is 0 Å². The van der Waals surface area contributed by atoms with E-state index in [-0.39, 0.29) is 0 Å². The monoisotopic (exact) mass is 335 g/mol. The lowest BCUT2D eigenvalue weighted by Gasteiger charge is -2.10. The largest absolute Gasteiger partial charge is 0.399 e. The Balaban J connectivity index is 1.84. The van der Waals surface area contributed by atoms with Gasteiger partial charge in [0.2, 0.25) is 0 Å². The van der Waals surface area contributed by atoms with Crippen LogP contribution in [0.15, 0.2) is 53.0 Å². The Bertz CT molecular complexity index is 552. The number of thiocarbonyl (C=S) groups is 1. The third-order valence-corrected chi connectivity index (χ3v) is 3.31. The first kappa shape index (κ1) is 13.8. The van der Waals surface area contributed by atoms with Gasteiger partial charge < -0.3 is 16.4 Å². The van der Waals surface area contributed by atoms with Crippen molar-refractivity contribution in [3.05, 3.63) is 58.6 Å². The van der Waals surface area contributed by atoms with Crippen LogP contribution in [0.4, 0.5) is 11.4 Å². The Morgan fingerprint density at radius 3 is 2.32 bits per heavy atom. The molecular weight excluding hydrogens is 322 g/mol. The molecule has 0 saturated heterocycles. The lowest BCUT2D eigenvalue weighted by Crippen LogP contribution is -2.27. The summed E-state index contributed by atoms with van der Waals surface area (Å²) in [5.41, 5.74) is 8.45. The van der Waals surface area contributed by atoms with Crippen LogP contribution in [0.3, 0.4) is 0 Å². The van der Waals surface area contributed by atoms with E-state index in [1.165, 1.54) is 5.56 Å². The smallest absolute Gasteiger partial charge is 0.171 e. The van der Waals surface area contributed by atoms with E-state index in [0.717, 1.165) is 15.8 Å². The highest BCUT2D eigenvalue weighted by Crippen LogP contribution is 2.11. The fourth-order valence-corrected chi connectivity index (χ4v) is 1.98. The quantitative estimate of drug-likeness (QED) is 0.593. The minimum absolute atomic E-state index is 0.590. The van der Waals surface area contributed by atoms with Gasteiger partial charge in [-0.25, -0.2) is 0 Å². The number of nitrogen functional groups attached to an aromatic ring is 1. The van der Waals surface area contributed by atoms with Crippen molar-refractivity contribution < 1.29 is 0 Å². The molecule has 2 aromatic rings. The predicted octanol–water partition coefficient (Wildman–Crippen LogP) is 3.52. The van der Waals surface area contributed by atoms with E-state index in [0.29, 0.717) is 11.7 Å². The molecule has 0 radical (unpaired) electrons. The van der Waals surface area contributed by atoms with Crippen molar-refractivity contribution in [2.24, 2.45) is 0 Å². The molecule has 5 heteroatoms. The Morgan fingerprint density at radius 2 is 1.68 bits per heavy atom. The summed E-state index contributed by atoms with van der Waals surface area (Å²) in [6.45, 7) is 0.689. The summed E-state index contributed by atoms with van der Waals surface area (Å²) >= 11 is 8.64. The fraction of sp³-hybridized carbons (Fsp3) is 0.0714. The molecule has 0 unspecified atom stereocenters. The SMILES string of the molecule is Nc1ccc(NC(=S)NCc2ccc(Br)cc2)cc1. The third kappa shape index (κ3) is 4.54. The Kier molecular flexibility index (Phi) is 4.76. The Hall–Kier alpha value is -1.59. The maximum atomic E-state index is 5.62. The first-order valence-corrected chi connectivity index (χ1v) is 6.98. The number of halogens is 1. The van der Waals surface area contributed by atoms with Crippen molar-refractivity contribution in [3.63, 3.8) is 0 Å². The molecule has 2 rings (SSSR count). The standard InChI is InChI=1S/C14H14BrN3S/c15-11-3-1-10(2-4-11)9-17-14(19)18-13-7-5-12(16)6-8-13/h1-8H,9,16H2,(H2,17,18,19). The maximum absolute atomic E-state index is 5.62. The molecule has 19 heavy (non-hydrogen) atoms. The second kappa shape index (κ2) is 6.54. The minimum Gasteiger partial charge on any atom is -0.399 e. The predicted molar refractivity (Wildman–Crippen MR) is 88.1 cm³/mol. The fourth-order valence-electron chi connectivity index (χ4n) is 1.53. The topological polar surface area (TPSA) is 50.1 Å². The van der Waals surface area contributed by atoms with Gasteiger partial charge in [0, 0.05) is 22.4 Å². The van der Waals surface area contributed by atoms with Crippen LogP contribution in [0.2, 0.25) is 0 Å². The average molecular weight is 336 g/mol. The number of nitrogens with two attached hydrogens (primary N) is 1. The van der Waals surface area contributed by atoms with Gasteiger partial charge in [-0.2, -0.15) is 0 Å². The summed E-state index contributed by atoms with van der Waals surface area (Å²) < 4.78 is 1.07. The average Bonchev–Trinajstić information content (AvgIpc) is 2.41. The maximum Gasteiger partial charge on any atom is 0.171 e. The van der Waals surface area contributed by atoms with Crippen LogP contribution in [0.1, 0.15) is 5.56 Å². The van der Waals surface area contributed by atoms with E-state index in [4.69, 9.17) is 18.0 Å². The van der Waals surface area contributed by atoms with Crippen molar-refractivity contribution in [3.8, 4) is 0 Å². The molecule has 0 aliphatic heterocycles.